The average molecular weight is 268 g/mol. The molecule has 0 atom stereocenters. The number of hydrogen-bond donors (Lipinski definition) is 1. The lowest BCUT2D eigenvalue weighted by Gasteiger charge is -2.10. The van der Waals surface area contributed by atoms with Crippen LogP contribution in [0.5, 0.6) is 5.75 Å². The van der Waals surface area contributed by atoms with E-state index in [9.17, 15) is 4.39 Å². The molecule has 1 N–H and O–H groups in total. The number of aromatic nitrogens is 2. The Morgan fingerprint density at radius 2 is 2.17 bits per heavy atom. The van der Waals surface area contributed by atoms with Gasteiger partial charge in [-0.25, -0.2) is 14.4 Å². The Balaban J connectivity index is 2.63. The van der Waals surface area contributed by atoms with E-state index in [1.807, 2.05) is 0 Å². The molecule has 0 bridgehead atoms. The van der Waals surface area contributed by atoms with E-state index in [0.717, 1.165) is 6.20 Å². The molecule has 0 amide bonds. The van der Waals surface area contributed by atoms with Gasteiger partial charge in [-0.15, -0.1) is 0 Å². The molecule has 0 radical (unpaired) electrons. The Morgan fingerprint density at radius 3 is 2.83 bits per heavy atom. The van der Waals surface area contributed by atoms with E-state index in [2.05, 4.69) is 15.3 Å². The first-order valence-corrected chi connectivity index (χ1v) is 5.57. The van der Waals surface area contributed by atoms with Crippen LogP contribution in [0, 0.1) is 5.82 Å². The molecule has 0 saturated heterocycles. The number of rotatable bonds is 3. The maximum Gasteiger partial charge on any atom is 0.223 e. The molecule has 0 fully saturated rings. The fraction of sp³-hybridized carbons (Fsp3) is 0.167. The van der Waals surface area contributed by atoms with E-state index in [0.29, 0.717) is 22.3 Å². The van der Waals surface area contributed by atoms with Gasteiger partial charge in [0.25, 0.3) is 0 Å². The lowest BCUT2D eigenvalue weighted by atomic mass is 10.1. The van der Waals surface area contributed by atoms with Gasteiger partial charge in [0, 0.05) is 17.6 Å². The van der Waals surface area contributed by atoms with Crippen LogP contribution in [0.3, 0.4) is 0 Å². The molecule has 1 aromatic heterocycles. The lowest BCUT2D eigenvalue weighted by Crippen LogP contribution is -2.00. The van der Waals surface area contributed by atoms with E-state index in [1.54, 1.807) is 25.2 Å². The molecular weight excluding hydrogens is 257 g/mol. The van der Waals surface area contributed by atoms with E-state index < -0.39 is 5.82 Å². The quantitative estimate of drug-likeness (QED) is 0.929. The Kier molecular flexibility index (Phi) is 3.62. The number of anilines is 1. The van der Waals surface area contributed by atoms with E-state index >= 15 is 0 Å². The molecular formula is C12H11ClFN3O. The molecule has 94 valence electrons. The lowest BCUT2D eigenvalue weighted by molar-refractivity contribution is 0.416. The first kappa shape index (κ1) is 12.6. The summed E-state index contributed by atoms with van der Waals surface area (Å²) in [6, 6.07) is 4.94. The van der Waals surface area contributed by atoms with E-state index in [1.165, 1.54) is 7.11 Å². The highest BCUT2D eigenvalue weighted by atomic mass is 35.5. The van der Waals surface area contributed by atoms with Crippen LogP contribution in [-0.2, 0) is 0 Å². The summed E-state index contributed by atoms with van der Waals surface area (Å²) in [6.07, 6.45) is 1.11. The number of hydrogen-bond acceptors (Lipinski definition) is 4. The highest BCUT2D eigenvalue weighted by Crippen LogP contribution is 2.32. The first-order chi connectivity index (χ1) is 8.65. The van der Waals surface area contributed by atoms with Gasteiger partial charge >= 0.3 is 0 Å². The van der Waals surface area contributed by atoms with Crippen LogP contribution in [0.25, 0.3) is 11.3 Å². The predicted octanol–water partition coefficient (Wildman–Crippen LogP) is 2.99. The summed E-state index contributed by atoms with van der Waals surface area (Å²) in [5.41, 5.74) is 0.634. The van der Waals surface area contributed by atoms with Crippen molar-refractivity contribution in [3.63, 3.8) is 0 Å². The van der Waals surface area contributed by atoms with Crippen molar-refractivity contribution in [3.05, 3.63) is 35.2 Å². The molecule has 0 spiro atoms. The second kappa shape index (κ2) is 5.18. The van der Waals surface area contributed by atoms with Gasteiger partial charge in [-0.05, 0) is 18.2 Å². The third kappa shape index (κ3) is 2.36. The van der Waals surface area contributed by atoms with Gasteiger partial charge < -0.3 is 10.1 Å². The molecule has 0 saturated carbocycles. The summed E-state index contributed by atoms with van der Waals surface area (Å²) in [5.74, 6) is 0.294. The fourth-order valence-electron chi connectivity index (χ4n) is 1.54. The summed E-state index contributed by atoms with van der Waals surface area (Å²) < 4.78 is 19.0. The molecule has 18 heavy (non-hydrogen) atoms. The van der Waals surface area contributed by atoms with Gasteiger partial charge in [0.05, 0.1) is 13.3 Å². The van der Waals surface area contributed by atoms with Crippen molar-refractivity contribution in [1.82, 2.24) is 9.97 Å². The smallest absolute Gasteiger partial charge is 0.223 e. The number of nitrogens with one attached hydrogen (secondary N) is 1. The zero-order chi connectivity index (χ0) is 13.1. The normalized spacial score (nSPS) is 10.2. The van der Waals surface area contributed by atoms with Crippen molar-refractivity contribution in [2.75, 3.05) is 19.5 Å². The molecule has 6 heteroatoms. The number of ether oxygens (including phenoxy) is 1. The van der Waals surface area contributed by atoms with Crippen LogP contribution in [0.2, 0.25) is 5.02 Å². The van der Waals surface area contributed by atoms with Crippen LogP contribution in [-0.4, -0.2) is 24.1 Å². The second-order valence-corrected chi connectivity index (χ2v) is 3.92. The fourth-order valence-corrected chi connectivity index (χ4v) is 1.71. The number of nitrogens with zero attached hydrogens (tertiary/aromatic N) is 2. The average Bonchev–Trinajstić information content (AvgIpc) is 2.39. The minimum absolute atomic E-state index is 0.147. The summed E-state index contributed by atoms with van der Waals surface area (Å²) in [6.45, 7) is 0. The first-order valence-electron chi connectivity index (χ1n) is 5.20. The summed E-state index contributed by atoms with van der Waals surface area (Å²) in [7, 11) is 3.16. The van der Waals surface area contributed by atoms with Crippen LogP contribution >= 0.6 is 11.6 Å². The van der Waals surface area contributed by atoms with Gasteiger partial charge in [0.2, 0.25) is 5.95 Å². The largest absolute Gasteiger partial charge is 0.496 e. The molecule has 0 aliphatic carbocycles. The number of halogens is 2. The zero-order valence-electron chi connectivity index (χ0n) is 9.87. The van der Waals surface area contributed by atoms with Crippen molar-refractivity contribution in [1.29, 1.82) is 0 Å². The molecule has 2 rings (SSSR count). The standard InChI is InChI=1S/C12H11ClFN3O/c1-15-12-16-6-9(14)11(17-12)8-5-7(13)3-4-10(8)18-2/h3-6H,1-2H3,(H,15,16,17). The molecule has 1 aromatic carbocycles. The van der Waals surface area contributed by atoms with Crippen molar-refractivity contribution < 1.29 is 9.13 Å². The predicted molar refractivity (Wildman–Crippen MR) is 68.5 cm³/mol. The van der Waals surface area contributed by atoms with Gasteiger partial charge in [0.15, 0.2) is 5.82 Å². The Hall–Kier alpha value is -1.88. The zero-order valence-corrected chi connectivity index (χ0v) is 10.6. The summed E-state index contributed by atoms with van der Waals surface area (Å²) in [4.78, 5) is 7.86. The SMILES string of the molecule is CNc1ncc(F)c(-c2cc(Cl)ccc2OC)n1. The Bertz CT molecular complexity index is 577. The third-order valence-electron chi connectivity index (χ3n) is 2.38. The number of methoxy groups -OCH3 is 1. The van der Waals surface area contributed by atoms with Gasteiger partial charge in [-0.2, -0.15) is 0 Å². The molecule has 2 aromatic rings. The van der Waals surface area contributed by atoms with E-state index in [-0.39, 0.29) is 5.69 Å². The highest BCUT2D eigenvalue weighted by molar-refractivity contribution is 6.30. The number of benzene rings is 1. The Morgan fingerprint density at radius 1 is 1.39 bits per heavy atom. The van der Waals surface area contributed by atoms with Crippen LogP contribution in [0.1, 0.15) is 0 Å². The third-order valence-corrected chi connectivity index (χ3v) is 2.62. The van der Waals surface area contributed by atoms with Crippen LogP contribution < -0.4 is 10.1 Å². The molecule has 0 aliphatic heterocycles. The minimum Gasteiger partial charge on any atom is -0.496 e. The molecule has 4 nitrogen and oxygen atoms in total. The van der Waals surface area contributed by atoms with Crippen molar-refractivity contribution in [3.8, 4) is 17.0 Å². The molecule has 0 aliphatic rings. The van der Waals surface area contributed by atoms with Gasteiger partial charge in [-0.3, -0.25) is 0 Å². The second-order valence-electron chi connectivity index (χ2n) is 3.48. The minimum atomic E-state index is -0.533. The van der Waals surface area contributed by atoms with E-state index in [4.69, 9.17) is 16.3 Å². The van der Waals surface area contributed by atoms with Crippen molar-refractivity contribution in [2.45, 2.75) is 0 Å². The highest BCUT2D eigenvalue weighted by Gasteiger charge is 2.14. The van der Waals surface area contributed by atoms with Crippen molar-refractivity contribution in [2.24, 2.45) is 0 Å². The molecule has 1 heterocycles. The van der Waals surface area contributed by atoms with Gasteiger partial charge in [0.1, 0.15) is 11.4 Å². The molecule has 0 unspecified atom stereocenters. The summed E-state index contributed by atoms with van der Waals surface area (Å²) in [5, 5.41) is 3.24. The maximum absolute atomic E-state index is 13.8. The summed E-state index contributed by atoms with van der Waals surface area (Å²) >= 11 is 5.91. The van der Waals surface area contributed by atoms with Gasteiger partial charge in [-0.1, -0.05) is 11.6 Å². The monoisotopic (exact) mass is 267 g/mol. The topological polar surface area (TPSA) is 47.0 Å². The Labute approximate surface area is 109 Å². The van der Waals surface area contributed by atoms with Crippen LogP contribution in [0.4, 0.5) is 10.3 Å². The van der Waals surface area contributed by atoms with Crippen LogP contribution in [0.15, 0.2) is 24.4 Å². The van der Waals surface area contributed by atoms with Crippen molar-refractivity contribution >= 4 is 17.5 Å². The maximum atomic E-state index is 13.8.